The van der Waals surface area contributed by atoms with Gasteiger partial charge >= 0.3 is 0 Å². The third kappa shape index (κ3) is 1.64. The number of hydrogen-bond acceptors (Lipinski definition) is 2. The lowest BCUT2D eigenvalue weighted by Gasteiger charge is -2.07. The SMILES string of the molecule is Clc1ccc2c(c1)SN=Cc1ccccc1-2. The first-order valence-electron chi connectivity index (χ1n) is 4.94. The molecule has 78 valence electrons. The molecule has 0 amide bonds. The largest absolute Gasteiger partial charge is 0.219 e. The van der Waals surface area contributed by atoms with Crippen LogP contribution in [-0.4, -0.2) is 6.21 Å². The molecule has 0 atom stereocenters. The Balaban J connectivity index is 2.30. The fraction of sp³-hybridized carbons (Fsp3) is 0. The topological polar surface area (TPSA) is 12.4 Å². The van der Waals surface area contributed by atoms with Crippen LogP contribution in [0.5, 0.6) is 0 Å². The summed E-state index contributed by atoms with van der Waals surface area (Å²) in [6.07, 6.45) is 1.90. The lowest BCUT2D eigenvalue weighted by molar-refractivity contribution is 1.45. The van der Waals surface area contributed by atoms with Gasteiger partial charge in [-0.15, -0.1) is 0 Å². The van der Waals surface area contributed by atoms with Crippen molar-refractivity contribution in [2.24, 2.45) is 4.40 Å². The van der Waals surface area contributed by atoms with Gasteiger partial charge in [-0.2, -0.15) is 0 Å². The van der Waals surface area contributed by atoms with Crippen molar-refractivity contribution < 1.29 is 0 Å². The number of fused-ring (bicyclic) bond motifs is 3. The maximum Gasteiger partial charge on any atom is 0.0434 e. The molecule has 0 radical (unpaired) electrons. The van der Waals surface area contributed by atoms with Crippen LogP contribution >= 0.6 is 23.5 Å². The van der Waals surface area contributed by atoms with E-state index >= 15 is 0 Å². The standard InChI is InChI=1S/C13H8ClNS/c14-10-5-6-12-11-4-2-1-3-9(11)8-15-16-13(12)7-10/h1-8H. The van der Waals surface area contributed by atoms with Crippen LogP contribution in [0, 0.1) is 0 Å². The van der Waals surface area contributed by atoms with E-state index in [0.29, 0.717) is 0 Å². The Morgan fingerprint density at radius 2 is 1.88 bits per heavy atom. The zero-order chi connectivity index (χ0) is 11.0. The van der Waals surface area contributed by atoms with E-state index in [-0.39, 0.29) is 0 Å². The minimum atomic E-state index is 0.751. The van der Waals surface area contributed by atoms with Crippen molar-refractivity contribution in [1.29, 1.82) is 0 Å². The Labute approximate surface area is 103 Å². The molecule has 0 saturated carbocycles. The molecule has 0 fully saturated rings. The molecular formula is C13H8ClNS. The monoisotopic (exact) mass is 245 g/mol. The first-order valence-corrected chi connectivity index (χ1v) is 6.09. The molecule has 0 saturated heterocycles. The van der Waals surface area contributed by atoms with Gasteiger partial charge in [-0.05, 0) is 23.3 Å². The van der Waals surface area contributed by atoms with Crippen LogP contribution in [0.1, 0.15) is 5.56 Å². The molecule has 1 heterocycles. The molecule has 2 aromatic carbocycles. The van der Waals surface area contributed by atoms with E-state index < -0.39 is 0 Å². The van der Waals surface area contributed by atoms with E-state index in [9.17, 15) is 0 Å². The summed E-state index contributed by atoms with van der Waals surface area (Å²) in [5, 5.41) is 0.751. The highest BCUT2D eigenvalue weighted by atomic mass is 35.5. The molecule has 0 aliphatic carbocycles. The van der Waals surface area contributed by atoms with Gasteiger partial charge in [0.2, 0.25) is 0 Å². The number of halogens is 1. The summed E-state index contributed by atoms with van der Waals surface area (Å²) in [5.41, 5.74) is 3.56. The fourth-order valence-corrected chi connectivity index (χ4v) is 2.76. The molecule has 1 aliphatic heterocycles. The Kier molecular flexibility index (Phi) is 2.46. The predicted octanol–water partition coefficient (Wildman–Crippen LogP) is 4.45. The van der Waals surface area contributed by atoms with E-state index in [4.69, 9.17) is 11.6 Å². The van der Waals surface area contributed by atoms with E-state index in [1.54, 1.807) is 0 Å². The van der Waals surface area contributed by atoms with Crippen molar-refractivity contribution in [2.75, 3.05) is 0 Å². The first-order chi connectivity index (χ1) is 7.84. The highest BCUT2D eigenvalue weighted by Gasteiger charge is 2.12. The van der Waals surface area contributed by atoms with Crippen molar-refractivity contribution in [3.8, 4) is 11.1 Å². The van der Waals surface area contributed by atoms with Crippen LogP contribution in [-0.2, 0) is 0 Å². The van der Waals surface area contributed by atoms with Gasteiger partial charge in [-0.3, -0.25) is 0 Å². The van der Waals surface area contributed by atoms with Crippen molar-refractivity contribution in [1.82, 2.24) is 0 Å². The van der Waals surface area contributed by atoms with E-state index in [0.717, 1.165) is 15.5 Å². The summed E-state index contributed by atoms with van der Waals surface area (Å²) >= 11 is 7.46. The number of benzene rings is 2. The zero-order valence-corrected chi connectivity index (χ0v) is 9.92. The number of hydrogen-bond donors (Lipinski definition) is 0. The molecule has 16 heavy (non-hydrogen) atoms. The second-order valence-corrected chi connectivity index (χ2v) is 4.82. The van der Waals surface area contributed by atoms with Crippen LogP contribution in [0.4, 0.5) is 0 Å². The molecule has 0 spiro atoms. The van der Waals surface area contributed by atoms with Gasteiger partial charge in [0.25, 0.3) is 0 Å². The van der Waals surface area contributed by atoms with Gasteiger partial charge < -0.3 is 0 Å². The highest BCUT2D eigenvalue weighted by molar-refractivity contribution is 7.98. The quantitative estimate of drug-likeness (QED) is 0.625. The summed E-state index contributed by atoms with van der Waals surface area (Å²) < 4.78 is 4.33. The lowest BCUT2D eigenvalue weighted by atomic mass is 10.0. The maximum absolute atomic E-state index is 5.99. The molecule has 1 aliphatic rings. The Morgan fingerprint density at radius 1 is 1.00 bits per heavy atom. The predicted molar refractivity (Wildman–Crippen MR) is 70.3 cm³/mol. The van der Waals surface area contributed by atoms with Gasteiger partial charge in [0, 0.05) is 33.6 Å². The minimum absolute atomic E-state index is 0.751. The maximum atomic E-state index is 5.99. The molecule has 0 unspecified atom stereocenters. The summed E-state index contributed by atoms with van der Waals surface area (Å²) in [6, 6.07) is 14.2. The summed E-state index contributed by atoms with van der Waals surface area (Å²) in [5.74, 6) is 0. The molecule has 3 heteroatoms. The van der Waals surface area contributed by atoms with Crippen LogP contribution in [0.15, 0.2) is 51.8 Å². The van der Waals surface area contributed by atoms with Crippen molar-refractivity contribution >= 4 is 29.8 Å². The summed E-state index contributed by atoms with van der Waals surface area (Å²) in [4.78, 5) is 1.11. The van der Waals surface area contributed by atoms with Crippen LogP contribution in [0.25, 0.3) is 11.1 Å². The molecular weight excluding hydrogens is 238 g/mol. The molecule has 0 N–H and O–H groups in total. The molecule has 0 bridgehead atoms. The Morgan fingerprint density at radius 3 is 2.81 bits per heavy atom. The highest BCUT2D eigenvalue weighted by Crippen LogP contribution is 2.37. The average Bonchev–Trinajstić information content (AvgIpc) is 2.47. The van der Waals surface area contributed by atoms with E-state index in [1.165, 1.54) is 23.1 Å². The van der Waals surface area contributed by atoms with Crippen LogP contribution < -0.4 is 0 Å². The number of nitrogens with zero attached hydrogens (tertiary/aromatic N) is 1. The second kappa shape index (κ2) is 3.96. The van der Waals surface area contributed by atoms with Gasteiger partial charge in [-0.25, -0.2) is 4.40 Å². The summed E-state index contributed by atoms with van der Waals surface area (Å²) in [7, 11) is 0. The Hall–Kier alpha value is -1.25. The van der Waals surface area contributed by atoms with Crippen molar-refractivity contribution in [3.05, 3.63) is 53.1 Å². The molecule has 0 aromatic heterocycles. The van der Waals surface area contributed by atoms with E-state index in [2.05, 4.69) is 22.6 Å². The Bertz CT molecular complexity index is 578. The van der Waals surface area contributed by atoms with Crippen LogP contribution in [0.3, 0.4) is 0 Å². The zero-order valence-electron chi connectivity index (χ0n) is 8.35. The van der Waals surface area contributed by atoms with Gasteiger partial charge in [0.1, 0.15) is 0 Å². The van der Waals surface area contributed by atoms with Gasteiger partial charge in [-0.1, -0.05) is 41.9 Å². The van der Waals surface area contributed by atoms with Crippen molar-refractivity contribution in [3.63, 3.8) is 0 Å². The van der Waals surface area contributed by atoms with Crippen molar-refractivity contribution in [2.45, 2.75) is 4.90 Å². The van der Waals surface area contributed by atoms with Gasteiger partial charge in [0.05, 0.1) is 0 Å². The first kappa shape index (κ1) is 9.94. The fourth-order valence-electron chi connectivity index (χ4n) is 1.79. The normalized spacial score (nSPS) is 12.8. The molecule has 1 nitrogen and oxygen atoms in total. The summed E-state index contributed by atoms with van der Waals surface area (Å²) in [6.45, 7) is 0. The van der Waals surface area contributed by atoms with Crippen LogP contribution in [0.2, 0.25) is 5.02 Å². The smallest absolute Gasteiger partial charge is 0.0434 e. The third-order valence-electron chi connectivity index (χ3n) is 2.54. The molecule has 2 aromatic rings. The average molecular weight is 246 g/mol. The second-order valence-electron chi connectivity index (χ2n) is 3.55. The van der Waals surface area contributed by atoms with Gasteiger partial charge in [0.15, 0.2) is 0 Å². The third-order valence-corrected chi connectivity index (χ3v) is 3.52. The van der Waals surface area contributed by atoms with E-state index in [1.807, 2.05) is 30.5 Å². The minimum Gasteiger partial charge on any atom is -0.219 e. The number of rotatable bonds is 0. The lowest BCUT2D eigenvalue weighted by Crippen LogP contribution is -1.86. The molecule has 3 rings (SSSR count).